The molecule has 2 aromatic rings. The Bertz CT molecular complexity index is 941. The molecule has 0 aliphatic carbocycles. The van der Waals surface area contributed by atoms with Crippen LogP contribution in [-0.4, -0.2) is 63.7 Å². The molecule has 4 rings (SSSR count). The van der Waals surface area contributed by atoms with Gasteiger partial charge in [-0.2, -0.15) is 0 Å². The first-order valence-electron chi connectivity index (χ1n) is 10.5. The zero-order valence-electron chi connectivity index (χ0n) is 17.5. The minimum atomic E-state index is -0.458. The molecule has 1 aromatic heterocycles. The van der Waals surface area contributed by atoms with Crippen LogP contribution in [0.2, 0.25) is 0 Å². The Morgan fingerprint density at radius 3 is 2.59 bits per heavy atom. The molecule has 0 radical (unpaired) electrons. The summed E-state index contributed by atoms with van der Waals surface area (Å²) >= 11 is 0. The van der Waals surface area contributed by atoms with Crippen molar-refractivity contribution in [3.63, 3.8) is 0 Å². The Labute approximate surface area is 171 Å². The minimum Gasteiger partial charge on any atom is -0.444 e. The number of carbonyl (C=O) groups excluding carboxylic acids is 1. The summed E-state index contributed by atoms with van der Waals surface area (Å²) in [6, 6.07) is 7.95. The number of benzene rings is 1. The number of aromatic nitrogens is 2. The van der Waals surface area contributed by atoms with Crippen molar-refractivity contribution in [2.45, 2.75) is 57.6 Å². The summed E-state index contributed by atoms with van der Waals surface area (Å²) in [6.07, 6.45) is 2.68. The maximum atomic E-state index is 12.4. The predicted molar refractivity (Wildman–Crippen MR) is 112 cm³/mol. The number of likely N-dealkylation sites (tertiary alicyclic amines) is 2. The summed E-state index contributed by atoms with van der Waals surface area (Å²) in [5, 5.41) is 0.639. The van der Waals surface area contributed by atoms with E-state index in [0.717, 1.165) is 56.8 Å². The fraction of sp³-hybridized carbons (Fsp3) is 0.591. The largest absolute Gasteiger partial charge is 0.444 e. The van der Waals surface area contributed by atoms with Crippen molar-refractivity contribution in [1.82, 2.24) is 19.8 Å². The second-order valence-corrected chi connectivity index (χ2v) is 9.15. The Morgan fingerprint density at radius 2 is 1.86 bits per heavy atom. The van der Waals surface area contributed by atoms with Gasteiger partial charge in [0.05, 0.1) is 10.9 Å². The average molecular weight is 399 g/mol. The van der Waals surface area contributed by atoms with Crippen LogP contribution in [0.3, 0.4) is 0 Å². The van der Waals surface area contributed by atoms with Crippen LogP contribution in [0.4, 0.5) is 4.79 Å². The maximum Gasteiger partial charge on any atom is 0.410 e. The highest BCUT2D eigenvalue weighted by Gasteiger charge is 2.34. The van der Waals surface area contributed by atoms with Crippen molar-refractivity contribution < 1.29 is 9.53 Å². The van der Waals surface area contributed by atoms with Gasteiger partial charge in [-0.1, -0.05) is 12.1 Å². The first-order chi connectivity index (χ1) is 13.8. The molecule has 2 fully saturated rings. The van der Waals surface area contributed by atoms with E-state index in [1.165, 1.54) is 0 Å². The second kappa shape index (κ2) is 7.78. The molecule has 2 aliphatic heterocycles. The van der Waals surface area contributed by atoms with Gasteiger partial charge in [-0.05, 0) is 58.7 Å². The summed E-state index contributed by atoms with van der Waals surface area (Å²) in [5.41, 5.74) is 0.241. The lowest BCUT2D eigenvalue weighted by Gasteiger charge is -2.37. The molecule has 0 saturated carbocycles. The molecule has 1 N–H and O–H groups in total. The molecular formula is C22H30N4O3. The number of ether oxygens (including phenoxy) is 1. The third-order valence-electron chi connectivity index (χ3n) is 5.87. The lowest BCUT2D eigenvalue weighted by molar-refractivity contribution is 0.0155. The van der Waals surface area contributed by atoms with Gasteiger partial charge in [0.1, 0.15) is 11.4 Å². The molecule has 2 saturated heterocycles. The van der Waals surface area contributed by atoms with Crippen molar-refractivity contribution >= 4 is 17.0 Å². The van der Waals surface area contributed by atoms with Crippen molar-refractivity contribution in [3.8, 4) is 0 Å². The summed E-state index contributed by atoms with van der Waals surface area (Å²) < 4.78 is 5.49. The van der Waals surface area contributed by atoms with Gasteiger partial charge in [0.15, 0.2) is 0 Å². The molecule has 3 heterocycles. The van der Waals surface area contributed by atoms with Gasteiger partial charge in [-0.3, -0.25) is 9.69 Å². The fourth-order valence-corrected chi connectivity index (χ4v) is 4.38. The summed E-state index contributed by atoms with van der Waals surface area (Å²) in [7, 11) is 0. The Kier molecular flexibility index (Phi) is 5.34. The number of fused-ring (bicyclic) bond motifs is 1. The number of para-hydroxylation sites is 1. The lowest BCUT2D eigenvalue weighted by atomic mass is 10.0. The van der Waals surface area contributed by atoms with Crippen LogP contribution in [-0.2, 0) is 4.74 Å². The van der Waals surface area contributed by atoms with E-state index in [9.17, 15) is 9.59 Å². The van der Waals surface area contributed by atoms with Crippen LogP contribution in [0, 0.1) is 0 Å². The van der Waals surface area contributed by atoms with Crippen LogP contribution >= 0.6 is 0 Å². The van der Waals surface area contributed by atoms with Crippen LogP contribution < -0.4 is 5.56 Å². The first kappa shape index (κ1) is 19.9. The lowest BCUT2D eigenvalue weighted by Crippen LogP contribution is -2.47. The van der Waals surface area contributed by atoms with Crippen LogP contribution in [0.25, 0.3) is 10.9 Å². The SMILES string of the molecule is CC(C)(C)OC(=O)N1CCC(N2CC[C@H](c3nc4ccccc4c(=O)[nH]3)C2)CC1. The molecule has 2 aliphatic rings. The minimum absolute atomic E-state index is 0.0604. The zero-order chi connectivity index (χ0) is 20.6. The summed E-state index contributed by atoms with van der Waals surface area (Å²) in [5.74, 6) is 1.04. The van der Waals surface area contributed by atoms with E-state index in [2.05, 4.69) is 9.88 Å². The topological polar surface area (TPSA) is 78.5 Å². The van der Waals surface area contributed by atoms with Crippen molar-refractivity contribution in [2.24, 2.45) is 0 Å². The van der Waals surface area contributed by atoms with Crippen molar-refractivity contribution in [1.29, 1.82) is 0 Å². The fourth-order valence-electron chi connectivity index (χ4n) is 4.38. The number of nitrogens with one attached hydrogen (secondary N) is 1. The molecule has 1 atom stereocenters. The number of rotatable bonds is 2. The van der Waals surface area contributed by atoms with E-state index in [4.69, 9.17) is 9.72 Å². The predicted octanol–water partition coefficient (Wildman–Crippen LogP) is 3.11. The second-order valence-electron chi connectivity index (χ2n) is 9.15. The molecule has 156 valence electrons. The standard InChI is InChI=1S/C22H30N4O3/c1-22(2,3)29-21(28)25-12-9-16(10-13-25)26-11-8-15(14-26)19-23-18-7-5-4-6-17(18)20(27)24-19/h4-7,15-16H,8-14H2,1-3H3,(H,23,24,27)/t15-/m0/s1. The normalized spacial score (nSPS) is 21.6. The summed E-state index contributed by atoms with van der Waals surface area (Å²) in [6.45, 7) is 9.04. The first-order valence-corrected chi connectivity index (χ1v) is 10.5. The third kappa shape index (κ3) is 4.45. The third-order valence-corrected chi connectivity index (χ3v) is 5.87. The number of nitrogens with zero attached hydrogens (tertiary/aromatic N) is 3. The van der Waals surface area contributed by atoms with Gasteiger partial charge in [0.25, 0.3) is 5.56 Å². The molecular weight excluding hydrogens is 368 g/mol. The Morgan fingerprint density at radius 1 is 1.14 bits per heavy atom. The van der Waals surface area contributed by atoms with Gasteiger partial charge >= 0.3 is 6.09 Å². The quantitative estimate of drug-likeness (QED) is 0.841. The zero-order valence-corrected chi connectivity index (χ0v) is 17.5. The number of hydrogen-bond donors (Lipinski definition) is 1. The van der Waals surface area contributed by atoms with Gasteiger partial charge in [0, 0.05) is 31.6 Å². The van der Waals surface area contributed by atoms with E-state index in [1.54, 1.807) is 0 Å². The number of amides is 1. The van der Waals surface area contributed by atoms with E-state index >= 15 is 0 Å². The van der Waals surface area contributed by atoms with Crippen molar-refractivity contribution in [2.75, 3.05) is 26.2 Å². The van der Waals surface area contributed by atoms with Gasteiger partial charge < -0.3 is 14.6 Å². The molecule has 7 nitrogen and oxygen atoms in total. The van der Waals surface area contributed by atoms with E-state index in [0.29, 0.717) is 11.4 Å². The monoisotopic (exact) mass is 398 g/mol. The average Bonchev–Trinajstić information content (AvgIpc) is 3.17. The highest BCUT2D eigenvalue weighted by Crippen LogP contribution is 2.29. The van der Waals surface area contributed by atoms with Gasteiger partial charge in [0.2, 0.25) is 0 Å². The molecule has 7 heteroatoms. The molecule has 0 spiro atoms. The highest BCUT2D eigenvalue weighted by atomic mass is 16.6. The Balaban J connectivity index is 1.36. The molecule has 29 heavy (non-hydrogen) atoms. The van der Waals surface area contributed by atoms with E-state index < -0.39 is 5.60 Å². The smallest absolute Gasteiger partial charge is 0.410 e. The maximum absolute atomic E-state index is 12.4. The highest BCUT2D eigenvalue weighted by molar-refractivity contribution is 5.77. The number of H-pyrrole nitrogens is 1. The van der Waals surface area contributed by atoms with Gasteiger partial charge in [-0.15, -0.1) is 0 Å². The molecule has 0 unspecified atom stereocenters. The van der Waals surface area contributed by atoms with E-state index in [1.807, 2.05) is 49.9 Å². The van der Waals surface area contributed by atoms with Gasteiger partial charge in [-0.25, -0.2) is 9.78 Å². The number of aromatic amines is 1. The van der Waals surface area contributed by atoms with Crippen LogP contribution in [0.15, 0.2) is 29.1 Å². The number of piperidine rings is 1. The van der Waals surface area contributed by atoms with Crippen LogP contribution in [0.5, 0.6) is 0 Å². The molecule has 1 amide bonds. The number of hydrogen-bond acceptors (Lipinski definition) is 5. The van der Waals surface area contributed by atoms with Crippen LogP contribution in [0.1, 0.15) is 51.8 Å². The molecule has 0 bridgehead atoms. The number of carbonyl (C=O) groups is 1. The van der Waals surface area contributed by atoms with Crippen molar-refractivity contribution in [3.05, 3.63) is 40.4 Å². The molecule has 1 aromatic carbocycles. The Hall–Kier alpha value is -2.41. The summed E-state index contributed by atoms with van der Waals surface area (Å²) in [4.78, 5) is 36.7. The van der Waals surface area contributed by atoms with E-state index in [-0.39, 0.29) is 17.6 Å².